The summed E-state index contributed by atoms with van der Waals surface area (Å²) < 4.78 is 89.6. The second kappa shape index (κ2) is 4.14. The molecule has 0 bridgehead atoms. The van der Waals surface area contributed by atoms with Crippen molar-refractivity contribution in [3.8, 4) is 0 Å². The number of alkyl halides is 7. The Morgan fingerprint density at radius 1 is 0.938 bits per heavy atom. The van der Waals surface area contributed by atoms with Crippen molar-refractivity contribution in [3.05, 3.63) is 0 Å². The summed E-state index contributed by atoms with van der Waals surface area (Å²) >= 11 is 0. The third-order valence-corrected chi connectivity index (χ3v) is 1.39. The summed E-state index contributed by atoms with van der Waals surface area (Å²) in [4.78, 5) is 9.79. The molecule has 16 heavy (non-hydrogen) atoms. The molecule has 0 aromatic carbocycles. The standard InChI is InChI=1S/C5F7O3.Y/c6-3(7,8)2(1-13)14-4(9,10)5(11,12)15-2;/q-1;. The van der Waals surface area contributed by atoms with Crippen molar-refractivity contribution >= 4 is 6.29 Å². The smallest absolute Gasteiger partial charge is 0.449 e. The van der Waals surface area contributed by atoms with E-state index in [1.807, 2.05) is 0 Å². The largest absolute Gasteiger partial charge is 0.536 e. The molecule has 1 rings (SSSR count). The van der Waals surface area contributed by atoms with Gasteiger partial charge in [0.2, 0.25) is 0 Å². The van der Waals surface area contributed by atoms with Crippen LogP contribution in [0, 0.1) is 0 Å². The SMILES string of the molecule is O=[C-]C1(C(F)(F)F)OC(F)(F)C(F)(F)O1.[Y]. The van der Waals surface area contributed by atoms with Crippen LogP contribution in [0.25, 0.3) is 0 Å². The van der Waals surface area contributed by atoms with Gasteiger partial charge >= 0.3 is 18.4 Å². The third-order valence-electron chi connectivity index (χ3n) is 1.39. The molecular formula is C5F7O3Y-. The number of hydrogen-bond donors (Lipinski definition) is 0. The fourth-order valence-electron chi connectivity index (χ4n) is 0.716. The van der Waals surface area contributed by atoms with Crippen LogP contribution in [0.3, 0.4) is 0 Å². The van der Waals surface area contributed by atoms with Crippen LogP contribution in [0.15, 0.2) is 0 Å². The van der Waals surface area contributed by atoms with Gasteiger partial charge in [0.1, 0.15) is 0 Å². The van der Waals surface area contributed by atoms with Gasteiger partial charge < -0.3 is 4.79 Å². The van der Waals surface area contributed by atoms with Crippen molar-refractivity contribution in [3.63, 3.8) is 0 Å². The topological polar surface area (TPSA) is 35.5 Å². The zero-order chi connectivity index (χ0) is 12.1. The molecule has 0 saturated carbocycles. The molecule has 0 atom stereocenters. The summed E-state index contributed by atoms with van der Waals surface area (Å²) in [5.41, 5.74) is 0. The van der Waals surface area contributed by atoms with Crippen LogP contribution >= 0.6 is 0 Å². The normalized spacial score (nSPS) is 25.9. The second-order valence-electron chi connectivity index (χ2n) is 2.45. The molecular weight excluding hydrogens is 330 g/mol. The van der Waals surface area contributed by atoms with E-state index in [9.17, 15) is 35.5 Å². The predicted molar refractivity (Wildman–Crippen MR) is 26.5 cm³/mol. The van der Waals surface area contributed by atoms with Gasteiger partial charge in [-0.15, -0.1) is 0 Å². The Bertz CT molecular complexity index is 272. The van der Waals surface area contributed by atoms with E-state index in [1.54, 1.807) is 0 Å². The molecule has 0 aromatic heterocycles. The maximum atomic E-state index is 12.2. The molecule has 0 amide bonds. The summed E-state index contributed by atoms with van der Waals surface area (Å²) in [6.45, 7) is 0. The molecule has 1 aliphatic rings. The van der Waals surface area contributed by atoms with Crippen LogP contribution in [-0.2, 0) is 47.0 Å². The fraction of sp³-hybridized carbons (Fsp3) is 0.800. The number of rotatable bonds is 1. The molecule has 3 nitrogen and oxygen atoms in total. The van der Waals surface area contributed by atoms with E-state index in [0.29, 0.717) is 0 Å². The van der Waals surface area contributed by atoms with Crippen molar-refractivity contribution in [1.29, 1.82) is 0 Å². The summed E-state index contributed by atoms with van der Waals surface area (Å²) in [5.74, 6) is -4.76. The first-order valence-electron chi connectivity index (χ1n) is 3.09. The van der Waals surface area contributed by atoms with Gasteiger partial charge in [-0.1, -0.05) is 0 Å². The summed E-state index contributed by atoms with van der Waals surface area (Å²) in [6, 6.07) is 0. The Hall–Kier alpha value is 0.204. The van der Waals surface area contributed by atoms with Gasteiger partial charge in [-0.25, -0.2) is 0 Å². The Balaban J connectivity index is 0.00000225. The van der Waals surface area contributed by atoms with Crippen molar-refractivity contribution in [1.82, 2.24) is 0 Å². The molecule has 1 aliphatic heterocycles. The van der Waals surface area contributed by atoms with Gasteiger partial charge in [-0.3, -0.25) is 9.47 Å². The second-order valence-corrected chi connectivity index (χ2v) is 2.45. The first-order chi connectivity index (χ1) is 6.47. The molecule has 0 spiro atoms. The monoisotopic (exact) mass is 330 g/mol. The van der Waals surface area contributed by atoms with Crippen LogP contribution in [0.5, 0.6) is 0 Å². The molecule has 1 heterocycles. The minimum Gasteiger partial charge on any atom is -0.536 e. The van der Waals surface area contributed by atoms with Gasteiger partial charge in [0, 0.05) is 32.7 Å². The Kier molecular flexibility index (Phi) is 4.20. The fourth-order valence-corrected chi connectivity index (χ4v) is 0.716. The van der Waals surface area contributed by atoms with Gasteiger partial charge in [0.05, 0.1) is 0 Å². The van der Waals surface area contributed by atoms with E-state index in [0.717, 1.165) is 0 Å². The van der Waals surface area contributed by atoms with Crippen LogP contribution < -0.4 is 0 Å². The minimum absolute atomic E-state index is 0. The molecule has 11 heteroatoms. The average molecular weight is 330 g/mol. The van der Waals surface area contributed by atoms with Crippen molar-refractivity contribution in [2.45, 2.75) is 24.2 Å². The number of carbonyl (C=O) groups excluding carboxylic acids is 1. The van der Waals surface area contributed by atoms with E-state index in [4.69, 9.17) is 0 Å². The van der Waals surface area contributed by atoms with E-state index in [-0.39, 0.29) is 39.0 Å². The molecule has 0 unspecified atom stereocenters. The first-order valence-corrected chi connectivity index (χ1v) is 3.09. The molecule has 1 fully saturated rings. The Morgan fingerprint density at radius 2 is 1.25 bits per heavy atom. The molecule has 1 saturated heterocycles. The maximum absolute atomic E-state index is 12.2. The summed E-state index contributed by atoms with van der Waals surface area (Å²) in [5, 5.41) is 0. The molecule has 0 aromatic rings. The number of ether oxygens (including phenoxy) is 2. The van der Waals surface area contributed by atoms with Gasteiger partial charge in [0.15, 0.2) is 5.79 Å². The maximum Gasteiger partial charge on any atom is 0.449 e. The third kappa shape index (κ3) is 2.25. The van der Waals surface area contributed by atoms with E-state index >= 15 is 0 Å². The van der Waals surface area contributed by atoms with Gasteiger partial charge in [-0.2, -0.15) is 37.0 Å². The van der Waals surface area contributed by atoms with E-state index < -0.39 is 24.2 Å². The Morgan fingerprint density at radius 3 is 1.38 bits per heavy atom. The average Bonchev–Trinajstić information content (AvgIpc) is 2.17. The molecule has 1 radical (unpaired) electrons. The molecule has 0 N–H and O–H groups in total. The zero-order valence-electron chi connectivity index (χ0n) is 6.95. The summed E-state index contributed by atoms with van der Waals surface area (Å²) in [7, 11) is 0. The molecule has 0 aliphatic carbocycles. The van der Waals surface area contributed by atoms with Gasteiger partial charge in [-0.05, 0) is 0 Å². The Labute approximate surface area is 108 Å². The predicted octanol–water partition coefficient (Wildman–Crippen LogP) is 1.58. The van der Waals surface area contributed by atoms with Crippen LogP contribution in [0.2, 0.25) is 0 Å². The van der Waals surface area contributed by atoms with Crippen LogP contribution in [0.4, 0.5) is 30.7 Å². The number of hydrogen-bond acceptors (Lipinski definition) is 3. The zero-order valence-corrected chi connectivity index (χ0v) is 9.79. The quantitative estimate of drug-likeness (QED) is 0.541. The van der Waals surface area contributed by atoms with Crippen LogP contribution in [-0.4, -0.2) is 30.5 Å². The van der Waals surface area contributed by atoms with Gasteiger partial charge in [0.25, 0.3) is 0 Å². The number of halogens is 7. The van der Waals surface area contributed by atoms with Crippen LogP contribution in [0.1, 0.15) is 0 Å². The minimum atomic E-state index is -5.89. The van der Waals surface area contributed by atoms with E-state index in [2.05, 4.69) is 9.47 Å². The first kappa shape index (κ1) is 16.2. The molecule has 91 valence electrons. The van der Waals surface area contributed by atoms with Crippen molar-refractivity contribution in [2.75, 3.05) is 0 Å². The van der Waals surface area contributed by atoms with E-state index in [1.165, 1.54) is 0 Å². The van der Waals surface area contributed by atoms with Crippen molar-refractivity contribution < 1.29 is 77.7 Å². The summed E-state index contributed by atoms with van der Waals surface area (Å²) in [6.07, 6.45) is -17.2. The van der Waals surface area contributed by atoms with Crippen molar-refractivity contribution in [2.24, 2.45) is 0 Å².